The Morgan fingerprint density at radius 3 is 2.53 bits per heavy atom. The maximum absolute atomic E-state index is 13.5. The lowest BCUT2D eigenvalue weighted by Gasteiger charge is -2.13. The van der Waals surface area contributed by atoms with Crippen LogP contribution in [0.1, 0.15) is 12.0 Å². The van der Waals surface area contributed by atoms with Gasteiger partial charge in [-0.15, -0.1) is 0 Å². The van der Waals surface area contributed by atoms with Crippen molar-refractivity contribution in [2.45, 2.75) is 12.8 Å². The van der Waals surface area contributed by atoms with Crippen LogP contribution in [0.2, 0.25) is 0 Å². The zero-order chi connectivity index (χ0) is 11.3. The minimum Gasteiger partial charge on any atom is -0.493 e. The van der Waals surface area contributed by atoms with Gasteiger partial charge in [0, 0.05) is 5.56 Å². The first kappa shape index (κ1) is 11.8. The molecule has 84 valence electrons. The van der Waals surface area contributed by atoms with E-state index in [4.69, 9.17) is 15.2 Å². The molecule has 3 nitrogen and oxygen atoms in total. The van der Waals surface area contributed by atoms with Crippen LogP contribution in [0.3, 0.4) is 0 Å². The van der Waals surface area contributed by atoms with Gasteiger partial charge in [-0.05, 0) is 31.5 Å². The predicted molar refractivity (Wildman–Crippen MR) is 56.9 cm³/mol. The molecule has 2 N–H and O–H groups in total. The summed E-state index contributed by atoms with van der Waals surface area (Å²) in [6.07, 6.45) is 1.28. The molecule has 0 aliphatic carbocycles. The number of rotatable bonds is 5. The molecule has 0 atom stereocenters. The Hall–Kier alpha value is -1.29. The minimum atomic E-state index is -0.277. The second kappa shape index (κ2) is 5.56. The van der Waals surface area contributed by atoms with Crippen molar-refractivity contribution in [3.05, 3.63) is 23.5 Å². The summed E-state index contributed by atoms with van der Waals surface area (Å²) in [6, 6.07) is 2.94. The Labute approximate surface area is 89.0 Å². The first-order valence-electron chi connectivity index (χ1n) is 4.84. The smallest absolute Gasteiger partial charge is 0.166 e. The molecule has 4 heteroatoms. The van der Waals surface area contributed by atoms with Crippen LogP contribution in [0.25, 0.3) is 0 Å². The molecular formula is C11H16FNO2. The highest BCUT2D eigenvalue weighted by Gasteiger charge is 2.14. The largest absolute Gasteiger partial charge is 0.493 e. The van der Waals surface area contributed by atoms with Gasteiger partial charge in [0.25, 0.3) is 0 Å². The molecular weight excluding hydrogens is 197 g/mol. The number of halogens is 1. The van der Waals surface area contributed by atoms with Crippen molar-refractivity contribution in [2.24, 2.45) is 5.73 Å². The molecule has 1 rings (SSSR count). The second-order valence-electron chi connectivity index (χ2n) is 3.15. The molecule has 1 aromatic carbocycles. The van der Waals surface area contributed by atoms with E-state index in [1.165, 1.54) is 20.3 Å². The van der Waals surface area contributed by atoms with Crippen molar-refractivity contribution >= 4 is 0 Å². The average molecular weight is 213 g/mol. The molecule has 0 spiro atoms. The van der Waals surface area contributed by atoms with Gasteiger partial charge < -0.3 is 15.2 Å². The molecule has 0 radical (unpaired) electrons. The molecule has 0 bridgehead atoms. The Bertz CT molecular complexity index is 329. The van der Waals surface area contributed by atoms with Gasteiger partial charge in [-0.2, -0.15) is 0 Å². The highest BCUT2D eigenvalue weighted by Crippen LogP contribution is 2.33. The number of methoxy groups -OCH3 is 2. The molecule has 1 aromatic rings. The lowest BCUT2D eigenvalue weighted by atomic mass is 10.1. The number of nitrogens with two attached hydrogens (primary N) is 1. The Kier molecular flexibility index (Phi) is 4.37. The van der Waals surface area contributed by atoms with Crippen LogP contribution in [0.15, 0.2) is 12.1 Å². The van der Waals surface area contributed by atoms with Gasteiger partial charge in [0.05, 0.1) is 14.2 Å². The lowest BCUT2D eigenvalue weighted by molar-refractivity contribution is 0.348. The van der Waals surface area contributed by atoms with E-state index < -0.39 is 0 Å². The summed E-state index contributed by atoms with van der Waals surface area (Å²) >= 11 is 0. The quantitative estimate of drug-likeness (QED) is 0.810. The summed E-state index contributed by atoms with van der Waals surface area (Å²) in [5, 5.41) is 0. The van der Waals surface area contributed by atoms with Crippen molar-refractivity contribution < 1.29 is 13.9 Å². The first-order chi connectivity index (χ1) is 7.24. The van der Waals surface area contributed by atoms with E-state index in [9.17, 15) is 4.39 Å². The van der Waals surface area contributed by atoms with Crippen LogP contribution < -0.4 is 15.2 Å². The van der Waals surface area contributed by atoms with E-state index >= 15 is 0 Å². The minimum absolute atomic E-state index is 0.277. The highest BCUT2D eigenvalue weighted by molar-refractivity contribution is 5.47. The van der Waals surface area contributed by atoms with Gasteiger partial charge in [-0.1, -0.05) is 0 Å². The summed E-state index contributed by atoms with van der Waals surface area (Å²) in [5.74, 6) is 0.734. The SMILES string of the molecule is COc1ccc(F)c(CCCN)c1OC. The van der Waals surface area contributed by atoms with E-state index in [0.29, 0.717) is 30.0 Å². The van der Waals surface area contributed by atoms with Gasteiger partial charge >= 0.3 is 0 Å². The van der Waals surface area contributed by atoms with E-state index in [2.05, 4.69) is 0 Å². The van der Waals surface area contributed by atoms with Crippen molar-refractivity contribution in [3.63, 3.8) is 0 Å². The van der Waals surface area contributed by atoms with Crippen LogP contribution in [0.5, 0.6) is 11.5 Å². The van der Waals surface area contributed by atoms with E-state index in [1.807, 2.05) is 0 Å². The van der Waals surface area contributed by atoms with Crippen molar-refractivity contribution in [1.82, 2.24) is 0 Å². The molecule has 0 fully saturated rings. The molecule has 0 amide bonds. The van der Waals surface area contributed by atoms with Crippen molar-refractivity contribution in [3.8, 4) is 11.5 Å². The zero-order valence-corrected chi connectivity index (χ0v) is 9.05. The Morgan fingerprint density at radius 2 is 2.00 bits per heavy atom. The summed E-state index contributed by atoms with van der Waals surface area (Å²) < 4.78 is 23.7. The molecule has 0 unspecified atom stereocenters. The molecule has 15 heavy (non-hydrogen) atoms. The van der Waals surface area contributed by atoms with Gasteiger partial charge in [0.1, 0.15) is 5.82 Å². The maximum atomic E-state index is 13.5. The number of ether oxygens (including phenoxy) is 2. The molecule has 0 aliphatic heterocycles. The molecule has 0 heterocycles. The molecule has 0 saturated heterocycles. The first-order valence-corrected chi connectivity index (χ1v) is 4.84. The summed E-state index contributed by atoms with van der Waals surface area (Å²) in [6.45, 7) is 0.528. The highest BCUT2D eigenvalue weighted by atomic mass is 19.1. The number of hydrogen-bond acceptors (Lipinski definition) is 3. The molecule has 0 saturated carbocycles. The van der Waals surface area contributed by atoms with Gasteiger partial charge in [0.2, 0.25) is 0 Å². The van der Waals surface area contributed by atoms with Gasteiger partial charge in [-0.3, -0.25) is 0 Å². The number of hydrogen-bond donors (Lipinski definition) is 1. The van der Waals surface area contributed by atoms with Crippen molar-refractivity contribution in [2.75, 3.05) is 20.8 Å². The fourth-order valence-electron chi connectivity index (χ4n) is 1.48. The third-order valence-electron chi connectivity index (χ3n) is 2.22. The lowest BCUT2D eigenvalue weighted by Crippen LogP contribution is -2.04. The van der Waals surface area contributed by atoms with Crippen molar-refractivity contribution in [1.29, 1.82) is 0 Å². The average Bonchev–Trinajstić information content (AvgIpc) is 2.27. The maximum Gasteiger partial charge on any atom is 0.166 e. The summed E-state index contributed by atoms with van der Waals surface area (Å²) in [5.41, 5.74) is 5.92. The monoisotopic (exact) mass is 213 g/mol. The van der Waals surface area contributed by atoms with Crippen LogP contribution >= 0.6 is 0 Å². The fraction of sp³-hybridized carbons (Fsp3) is 0.455. The van der Waals surface area contributed by atoms with Crippen LogP contribution in [-0.4, -0.2) is 20.8 Å². The normalized spacial score (nSPS) is 10.1. The third kappa shape index (κ3) is 2.59. The standard InChI is InChI=1S/C11H16FNO2/c1-14-10-6-5-9(12)8(4-3-7-13)11(10)15-2/h5-6H,3-4,7,13H2,1-2H3. The third-order valence-corrected chi connectivity index (χ3v) is 2.22. The summed E-state index contributed by atoms with van der Waals surface area (Å²) in [4.78, 5) is 0. The fourth-order valence-corrected chi connectivity index (χ4v) is 1.48. The van der Waals surface area contributed by atoms with Crippen LogP contribution in [-0.2, 0) is 6.42 Å². The van der Waals surface area contributed by atoms with Gasteiger partial charge in [0.15, 0.2) is 11.5 Å². The molecule has 0 aromatic heterocycles. The zero-order valence-electron chi connectivity index (χ0n) is 9.05. The van der Waals surface area contributed by atoms with Gasteiger partial charge in [-0.25, -0.2) is 4.39 Å². The molecule has 0 aliphatic rings. The Balaban J connectivity index is 3.07. The topological polar surface area (TPSA) is 44.5 Å². The van der Waals surface area contributed by atoms with Crippen LogP contribution in [0.4, 0.5) is 4.39 Å². The van der Waals surface area contributed by atoms with Crippen LogP contribution in [0, 0.1) is 5.82 Å². The predicted octanol–water partition coefficient (Wildman–Crippen LogP) is 1.73. The Morgan fingerprint density at radius 1 is 1.27 bits per heavy atom. The van der Waals surface area contributed by atoms with E-state index in [0.717, 1.165) is 6.42 Å². The number of benzene rings is 1. The van der Waals surface area contributed by atoms with E-state index in [-0.39, 0.29) is 5.82 Å². The summed E-state index contributed by atoms with van der Waals surface area (Å²) in [7, 11) is 3.03. The van der Waals surface area contributed by atoms with E-state index in [1.54, 1.807) is 6.07 Å². The second-order valence-corrected chi connectivity index (χ2v) is 3.15.